The molecule has 40 heavy (non-hydrogen) atoms. The van der Waals surface area contributed by atoms with Crippen molar-refractivity contribution in [3.63, 3.8) is 0 Å². The zero-order valence-electron chi connectivity index (χ0n) is 22.4. The Bertz CT molecular complexity index is 1380. The van der Waals surface area contributed by atoms with Crippen molar-refractivity contribution >= 4 is 22.9 Å². The summed E-state index contributed by atoms with van der Waals surface area (Å²) in [6.45, 7) is 3.44. The molecule has 4 aromatic rings. The smallest absolute Gasteiger partial charge is 0.183 e. The monoisotopic (exact) mass is 558 g/mol. The van der Waals surface area contributed by atoms with Crippen LogP contribution in [0, 0.1) is 0 Å². The number of nitrogens with two attached hydrogens (primary N) is 2. The van der Waals surface area contributed by atoms with Crippen molar-refractivity contribution in [2.24, 2.45) is 5.73 Å². The second-order valence-electron chi connectivity index (χ2n) is 10.0. The molecule has 0 spiro atoms. The van der Waals surface area contributed by atoms with Crippen LogP contribution in [0.4, 0.5) is 5.69 Å². The van der Waals surface area contributed by atoms with Crippen LogP contribution in [0.5, 0.6) is 0 Å². The molecule has 4 atom stereocenters. The van der Waals surface area contributed by atoms with E-state index in [1.54, 1.807) is 6.26 Å². The van der Waals surface area contributed by atoms with Gasteiger partial charge in [-0.25, -0.2) is 0 Å². The Morgan fingerprint density at radius 3 is 1.95 bits per heavy atom. The maximum Gasteiger partial charge on any atom is 0.183 e. The molecule has 1 aliphatic heterocycles. The Labute approximate surface area is 240 Å². The molecule has 1 saturated heterocycles. The van der Waals surface area contributed by atoms with E-state index in [1.807, 2.05) is 97.9 Å². The molecule has 208 valence electrons. The first-order valence-corrected chi connectivity index (χ1v) is 13.6. The van der Waals surface area contributed by atoms with Crippen molar-refractivity contribution in [3.8, 4) is 0 Å². The first-order valence-electron chi connectivity index (χ1n) is 13.2. The Morgan fingerprint density at radius 2 is 1.40 bits per heavy atom. The lowest BCUT2D eigenvalue weighted by molar-refractivity contribution is -0.147. The lowest BCUT2D eigenvalue weighted by atomic mass is 9.88. The summed E-state index contributed by atoms with van der Waals surface area (Å²) in [4.78, 5) is 0.0771. The Kier molecular flexibility index (Phi) is 8.94. The molecule has 4 N–H and O–H groups in total. The normalized spacial score (nSPS) is 22.4. The summed E-state index contributed by atoms with van der Waals surface area (Å²) >= 11 is 5.14. The Morgan fingerprint density at radius 1 is 0.850 bits per heavy atom. The minimum atomic E-state index is -0.961. The molecule has 8 heteroatoms. The van der Waals surface area contributed by atoms with E-state index in [9.17, 15) is 0 Å². The number of hydrogen-bond acceptors (Lipinski definition) is 7. The molecule has 4 unspecified atom stereocenters. The van der Waals surface area contributed by atoms with Gasteiger partial charge in [0.25, 0.3) is 0 Å². The van der Waals surface area contributed by atoms with Crippen molar-refractivity contribution in [1.82, 2.24) is 0 Å². The highest BCUT2D eigenvalue weighted by atomic mass is 32.1. The van der Waals surface area contributed by atoms with Crippen LogP contribution >= 0.6 is 12.2 Å². The quantitative estimate of drug-likeness (QED) is 0.213. The molecule has 1 aliphatic rings. The van der Waals surface area contributed by atoms with Gasteiger partial charge in [0.15, 0.2) is 5.76 Å². The zero-order chi connectivity index (χ0) is 28.0. The third kappa shape index (κ3) is 6.27. The predicted molar refractivity (Wildman–Crippen MR) is 157 cm³/mol. The van der Waals surface area contributed by atoms with Gasteiger partial charge in [-0.1, -0.05) is 103 Å². The van der Waals surface area contributed by atoms with Crippen LogP contribution < -0.4 is 11.5 Å². The number of anilines is 1. The van der Waals surface area contributed by atoms with Crippen molar-refractivity contribution in [1.29, 1.82) is 0 Å². The maximum absolute atomic E-state index is 6.70. The lowest BCUT2D eigenvalue weighted by Gasteiger charge is -2.35. The maximum atomic E-state index is 6.70. The topological polar surface area (TPSA) is 102 Å². The van der Waals surface area contributed by atoms with Crippen LogP contribution in [0.15, 0.2) is 102 Å². The van der Waals surface area contributed by atoms with Crippen LogP contribution in [-0.4, -0.2) is 29.4 Å². The summed E-state index contributed by atoms with van der Waals surface area (Å²) in [6.07, 6.45) is -0.0465. The van der Waals surface area contributed by atoms with E-state index in [0.717, 1.165) is 16.7 Å². The largest absolute Gasteiger partial charge is 0.459 e. The van der Waals surface area contributed by atoms with Crippen LogP contribution in [0.3, 0.4) is 0 Å². The number of furan rings is 1. The van der Waals surface area contributed by atoms with Gasteiger partial charge < -0.3 is 34.8 Å². The van der Waals surface area contributed by atoms with Crippen molar-refractivity contribution in [2.45, 2.75) is 50.7 Å². The highest BCUT2D eigenvalue weighted by Gasteiger charge is 2.57. The van der Waals surface area contributed by atoms with E-state index in [1.165, 1.54) is 0 Å². The first-order chi connectivity index (χ1) is 19.5. The molecule has 0 radical (unpaired) electrons. The Hall–Kier alpha value is -3.53. The van der Waals surface area contributed by atoms with E-state index < -0.39 is 23.9 Å². The predicted octanol–water partition coefficient (Wildman–Crippen LogP) is 5.71. The average Bonchev–Trinajstić information content (AvgIpc) is 3.49. The molecular formula is C32H34N2O5S. The molecular weight excluding hydrogens is 524 g/mol. The minimum Gasteiger partial charge on any atom is -0.459 e. The van der Waals surface area contributed by atoms with Gasteiger partial charge in [-0.05, 0) is 23.6 Å². The van der Waals surface area contributed by atoms with Crippen molar-refractivity contribution < 1.29 is 23.4 Å². The second-order valence-corrected chi connectivity index (χ2v) is 10.5. The molecule has 0 bridgehead atoms. The van der Waals surface area contributed by atoms with E-state index in [-0.39, 0.29) is 17.4 Å². The molecule has 2 heterocycles. The third-order valence-electron chi connectivity index (χ3n) is 7.16. The standard InChI is InChI=1S/C32H34N2O5S/c1-32(38-19-24-15-9-4-10-16-24)29(25-20-36-28(27(25)33)31(34)40)39-26(21-35-17-22-11-5-2-6-12-22)30(32)37-18-23-13-7-3-8-14-23/h2-16,20,26,29-30H,17-19,21,33H2,1H3,(H2,34,40). The van der Waals surface area contributed by atoms with Gasteiger partial charge in [-0.15, -0.1) is 0 Å². The highest BCUT2D eigenvalue weighted by molar-refractivity contribution is 7.80. The fraction of sp³-hybridized carbons (Fsp3) is 0.281. The van der Waals surface area contributed by atoms with Crippen molar-refractivity contribution in [3.05, 3.63) is 125 Å². The minimum absolute atomic E-state index is 0.0771. The van der Waals surface area contributed by atoms with E-state index >= 15 is 0 Å². The van der Waals surface area contributed by atoms with Gasteiger partial charge >= 0.3 is 0 Å². The zero-order valence-corrected chi connectivity index (χ0v) is 23.2. The SMILES string of the molecule is CC1(OCc2ccccc2)C(c2coc(C(N)=S)c2N)OC(COCc2ccccc2)C1OCc1ccccc1. The number of rotatable bonds is 12. The summed E-state index contributed by atoms with van der Waals surface area (Å²) in [5, 5.41) is 0. The summed E-state index contributed by atoms with van der Waals surface area (Å²) in [7, 11) is 0. The number of nitrogen functional groups attached to an aromatic ring is 1. The van der Waals surface area contributed by atoms with Gasteiger partial charge in [0, 0.05) is 5.56 Å². The van der Waals surface area contributed by atoms with Gasteiger partial charge in [-0.2, -0.15) is 0 Å². The van der Waals surface area contributed by atoms with Crippen LogP contribution in [-0.2, 0) is 38.8 Å². The second kappa shape index (κ2) is 12.8. The fourth-order valence-electron chi connectivity index (χ4n) is 5.05. The van der Waals surface area contributed by atoms with E-state index in [2.05, 4.69) is 0 Å². The molecule has 0 saturated carbocycles. The van der Waals surface area contributed by atoms with Gasteiger partial charge in [0.05, 0.1) is 38.4 Å². The summed E-state index contributed by atoms with van der Waals surface area (Å²) in [5.74, 6) is 0.254. The molecule has 3 aromatic carbocycles. The molecule has 7 nitrogen and oxygen atoms in total. The molecule has 5 rings (SSSR count). The number of thiocarbonyl (C=S) groups is 1. The van der Waals surface area contributed by atoms with Gasteiger partial charge in [0.2, 0.25) is 0 Å². The number of benzene rings is 3. The fourth-order valence-corrected chi connectivity index (χ4v) is 5.21. The van der Waals surface area contributed by atoms with Crippen LogP contribution in [0.1, 0.15) is 41.0 Å². The average molecular weight is 559 g/mol. The number of hydrogen-bond donors (Lipinski definition) is 2. The number of ether oxygens (including phenoxy) is 4. The van der Waals surface area contributed by atoms with Gasteiger partial charge in [-0.3, -0.25) is 0 Å². The molecule has 1 aromatic heterocycles. The van der Waals surface area contributed by atoms with E-state index in [4.69, 9.17) is 47.0 Å². The van der Waals surface area contributed by atoms with Gasteiger partial charge in [0.1, 0.15) is 28.9 Å². The first kappa shape index (κ1) is 28.0. The molecule has 0 aliphatic carbocycles. The van der Waals surface area contributed by atoms with E-state index in [0.29, 0.717) is 31.1 Å². The third-order valence-corrected chi connectivity index (χ3v) is 7.34. The summed E-state index contributed by atoms with van der Waals surface area (Å²) < 4.78 is 31.8. The summed E-state index contributed by atoms with van der Waals surface area (Å²) in [5.41, 5.74) is 15.5. The summed E-state index contributed by atoms with van der Waals surface area (Å²) in [6, 6.07) is 30.0. The molecule has 1 fully saturated rings. The highest BCUT2D eigenvalue weighted by Crippen LogP contribution is 2.48. The van der Waals surface area contributed by atoms with Crippen LogP contribution in [0.2, 0.25) is 0 Å². The van der Waals surface area contributed by atoms with Crippen molar-refractivity contribution in [2.75, 3.05) is 12.3 Å². The Balaban J connectivity index is 1.46. The lowest BCUT2D eigenvalue weighted by Crippen LogP contribution is -2.47. The molecule has 0 amide bonds. The van der Waals surface area contributed by atoms with Crippen LogP contribution in [0.25, 0.3) is 0 Å².